The summed E-state index contributed by atoms with van der Waals surface area (Å²) < 4.78 is 0. The second kappa shape index (κ2) is 5.50. The van der Waals surface area contributed by atoms with Gasteiger partial charge < -0.3 is 15.7 Å². The molecule has 84 valence electrons. The van der Waals surface area contributed by atoms with Crippen LogP contribution >= 0.6 is 0 Å². The zero-order chi connectivity index (χ0) is 11.3. The highest BCUT2D eigenvalue weighted by atomic mass is 16.3. The van der Waals surface area contributed by atoms with Crippen molar-refractivity contribution in [3.05, 3.63) is 11.9 Å². The molecule has 0 aliphatic heterocycles. The third kappa shape index (κ3) is 4.12. The highest BCUT2D eigenvalue weighted by Gasteiger charge is 2.00. The summed E-state index contributed by atoms with van der Waals surface area (Å²) in [5.74, 6) is 2.30. The van der Waals surface area contributed by atoms with Gasteiger partial charge in [-0.2, -0.15) is 0 Å². The molecule has 0 aliphatic carbocycles. The molecule has 0 aliphatic rings. The van der Waals surface area contributed by atoms with Crippen LogP contribution in [-0.2, 0) is 0 Å². The van der Waals surface area contributed by atoms with E-state index in [1.54, 1.807) is 6.92 Å². The van der Waals surface area contributed by atoms with Crippen molar-refractivity contribution in [3.63, 3.8) is 0 Å². The molecule has 0 amide bonds. The summed E-state index contributed by atoms with van der Waals surface area (Å²) in [5, 5.41) is 15.2. The predicted octanol–water partition coefficient (Wildman–Crippen LogP) is 1.01. The van der Waals surface area contributed by atoms with Gasteiger partial charge in [-0.3, -0.25) is 0 Å². The van der Waals surface area contributed by atoms with E-state index in [4.69, 9.17) is 5.11 Å². The van der Waals surface area contributed by atoms with E-state index < -0.39 is 0 Å². The zero-order valence-corrected chi connectivity index (χ0v) is 9.41. The van der Waals surface area contributed by atoms with Gasteiger partial charge in [-0.25, -0.2) is 9.97 Å². The topological polar surface area (TPSA) is 70.1 Å². The van der Waals surface area contributed by atoms with Crippen molar-refractivity contribution in [2.45, 2.75) is 26.4 Å². The van der Waals surface area contributed by atoms with Crippen LogP contribution < -0.4 is 10.6 Å². The first-order valence-electron chi connectivity index (χ1n) is 5.07. The Morgan fingerprint density at radius 1 is 1.40 bits per heavy atom. The number of nitrogens with zero attached hydrogens (tertiary/aromatic N) is 2. The largest absolute Gasteiger partial charge is 0.393 e. The highest BCUT2D eigenvalue weighted by Crippen LogP contribution is 2.10. The van der Waals surface area contributed by atoms with E-state index in [1.807, 2.05) is 20.0 Å². The van der Waals surface area contributed by atoms with Crippen molar-refractivity contribution in [1.82, 2.24) is 9.97 Å². The van der Waals surface area contributed by atoms with Crippen LogP contribution in [0.25, 0.3) is 0 Å². The maximum atomic E-state index is 9.10. The fourth-order valence-corrected chi connectivity index (χ4v) is 1.20. The number of rotatable bonds is 5. The standard InChI is InChI=1S/C10H18N4O/c1-7(15)4-5-12-10-6-9(11-3)13-8(2)14-10/h6-7,15H,4-5H2,1-3H3,(H2,11,12,13,14). The number of hydrogen-bond acceptors (Lipinski definition) is 5. The van der Waals surface area contributed by atoms with Gasteiger partial charge in [-0.15, -0.1) is 0 Å². The van der Waals surface area contributed by atoms with E-state index in [0.717, 1.165) is 17.5 Å². The van der Waals surface area contributed by atoms with Gasteiger partial charge in [-0.05, 0) is 20.3 Å². The van der Waals surface area contributed by atoms with Crippen molar-refractivity contribution < 1.29 is 5.11 Å². The van der Waals surface area contributed by atoms with E-state index in [9.17, 15) is 0 Å². The van der Waals surface area contributed by atoms with Crippen LogP contribution in [0.2, 0.25) is 0 Å². The molecule has 5 heteroatoms. The number of hydrogen-bond donors (Lipinski definition) is 3. The molecule has 3 N–H and O–H groups in total. The van der Waals surface area contributed by atoms with E-state index in [0.29, 0.717) is 13.0 Å². The van der Waals surface area contributed by atoms with Gasteiger partial charge in [0.2, 0.25) is 0 Å². The van der Waals surface area contributed by atoms with Crippen LogP contribution in [0.4, 0.5) is 11.6 Å². The summed E-state index contributed by atoms with van der Waals surface area (Å²) in [6, 6.07) is 1.84. The number of aliphatic hydroxyl groups excluding tert-OH is 1. The second-order valence-electron chi connectivity index (χ2n) is 3.50. The SMILES string of the molecule is CNc1cc(NCCC(C)O)nc(C)n1. The average Bonchev–Trinajstić information content (AvgIpc) is 2.16. The summed E-state index contributed by atoms with van der Waals surface area (Å²) in [7, 11) is 1.82. The third-order valence-corrected chi connectivity index (χ3v) is 1.96. The first kappa shape index (κ1) is 11.7. The van der Waals surface area contributed by atoms with Crippen LogP contribution in [0.3, 0.4) is 0 Å². The number of nitrogens with one attached hydrogen (secondary N) is 2. The maximum Gasteiger partial charge on any atom is 0.131 e. The van der Waals surface area contributed by atoms with Crippen molar-refractivity contribution >= 4 is 11.6 Å². The molecule has 1 heterocycles. The summed E-state index contributed by atoms with van der Waals surface area (Å²) in [6.45, 7) is 4.32. The van der Waals surface area contributed by atoms with E-state index >= 15 is 0 Å². The molecule has 0 spiro atoms. The molecule has 1 aromatic rings. The highest BCUT2D eigenvalue weighted by molar-refractivity contribution is 5.46. The Balaban J connectivity index is 2.56. The molecule has 5 nitrogen and oxygen atoms in total. The Kier molecular flexibility index (Phi) is 4.30. The summed E-state index contributed by atoms with van der Waals surface area (Å²) in [5.41, 5.74) is 0. The molecule has 0 saturated carbocycles. The van der Waals surface area contributed by atoms with Crippen molar-refractivity contribution in [1.29, 1.82) is 0 Å². The summed E-state index contributed by atoms with van der Waals surface area (Å²) >= 11 is 0. The lowest BCUT2D eigenvalue weighted by Crippen LogP contribution is -2.11. The lowest BCUT2D eigenvalue weighted by atomic mass is 10.3. The van der Waals surface area contributed by atoms with Gasteiger partial charge in [0.15, 0.2) is 0 Å². The van der Waals surface area contributed by atoms with Gasteiger partial charge in [0.1, 0.15) is 17.5 Å². The monoisotopic (exact) mass is 210 g/mol. The predicted molar refractivity (Wildman–Crippen MR) is 61.1 cm³/mol. The van der Waals surface area contributed by atoms with Crippen LogP contribution in [0.15, 0.2) is 6.07 Å². The normalized spacial score (nSPS) is 12.3. The zero-order valence-electron chi connectivity index (χ0n) is 9.41. The van der Waals surface area contributed by atoms with Crippen LogP contribution in [0.5, 0.6) is 0 Å². The fraction of sp³-hybridized carbons (Fsp3) is 0.600. The van der Waals surface area contributed by atoms with E-state index in [1.165, 1.54) is 0 Å². The van der Waals surface area contributed by atoms with Crippen LogP contribution in [-0.4, -0.2) is 34.8 Å². The molecular formula is C10H18N4O. The van der Waals surface area contributed by atoms with E-state index in [-0.39, 0.29) is 6.10 Å². The average molecular weight is 210 g/mol. The Hall–Kier alpha value is -1.36. The van der Waals surface area contributed by atoms with Gasteiger partial charge >= 0.3 is 0 Å². The van der Waals surface area contributed by atoms with Gasteiger partial charge in [0.25, 0.3) is 0 Å². The first-order valence-corrected chi connectivity index (χ1v) is 5.07. The maximum absolute atomic E-state index is 9.10. The molecular weight excluding hydrogens is 192 g/mol. The molecule has 0 saturated heterocycles. The minimum Gasteiger partial charge on any atom is -0.393 e. The Bertz CT molecular complexity index is 314. The minimum atomic E-state index is -0.288. The number of aromatic nitrogens is 2. The molecule has 1 aromatic heterocycles. The molecule has 1 unspecified atom stereocenters. The Morgan fingerprint density at radius 3 is 2.67 bits per heavy atom. The summed E-state index contributed by atoms with van der Waals surface area (Å²) in [6.07, 6.45) is 0.419. The lowest BCUT2D eigenvalue weighted by molar-refractivity contribution is 0.188. The molecule has 0 radical (unpaired) electrons. The minimum absolute atomic E-state index is 0.288. The lowest BCUT2D eigenvalue weighted by Gasteiger charge is -2.09. The third-order valence-electron chi connectivity index (χ3n) is 1.96. The van der Waals surface area contributed by atoms with Gasteiger partial charge in [-0.1, -0.05) is 0 Å². The van der Waals surface area contributed by atoms with Crippen LogP contribution in [0.1, 0.15) is 19.2 Å². The molecule has 0 fully saturated rings. The molecule has 0 aromatic carbocycles. The molecule has 15 heavy (non-hydrogen) atoms. The van der Waals surface area contributed by atoms with Gasteiger partial charge in [0.05, 0.1) is 6.10 Å². The smallest absolute Gasteiger partial charge is 0.131 e. The van der Waals surface area contributed by atoms with Crippen LogP contribution in [0, 0.1) is 6.92 Å². The first-order chi connectivity index (χ1) is 7.11. The molecule has 1 rings (SSSR count). The molecule has 0 bridgehead atoms. The molecule has 1 atom stereocenters. The second-order valence-corrected chi connectivity index (χ2v) is 3.50. The quantitative estimate of drug-likeness (QED) is 0.676. The van der Waals surface area contributed by atoms with Crippen molar-refractivity contribution in [3.8, 4) is 0 Å². The summed E-state index contributed by atoms with van der Waals surface area (Å²) in [4.78, 5) is 8.42. The van der Waals surface area contributed by atoms with Crippen molar-refractivity contribution in [2.24, 2.45) is 0 Å². The van der Waals surface area contributed by atoms with Crippen molar-refractivity contribution in [2.75, 3.05) is 24.2 Å². The van der Waals surface area contributed by atoms with Gasteiger partial charge in [0, 0.05) is 19.7 Å². The number of anilines is 2. The number of aliphatic hydroxyl groups is 1. The Morgan fingerprint density at radius 2 is 2.07 bits per heavy atom. The number of aryl methyl sites for hydroxylation is 1. The Labute approximate surface area is 90.0 Å². The fourth-order valence-electron chi connectivity index (χ4n) is 1.20. The van der Waals surface area contributed by atoms with E-state index in [2.05, 4.69) is 20.6 Å².